The fraction of sp³-hybridized carbons (Fsp3) is 0.100. The first-order valence-electron chi connectivity index (χ1n) is 8.29. The van der Waals surface area contributed by atoms with E-state index in [9.17, 15) is 17.2 Å². The predicted octanol–water partition coefficient (Wildman–Crippen LogP) is 4.89. The van der Waals surface area contributed by atoms with Gasteiger partial charge < -0.3 is 5.11 Å². The molecule has 2 N–H and O–H groups in total. The zero-order chi connectivity index (χ0) is 20.3. The van der Waals surface area contributed by atoms with Gasteiger partial charge in [-0.15, -0.1) is 8.42 Å². The smallest absolute Gasteiger partial charge is 0.389 e. The van der Waals surface area contributed by atoms with Crippen molar-refractivity contribution in [3.8, 4) is 0 Å². The molecule has 0 atom stereocenters. The summed E-state index contributed by atoms with van der Waals surface area (Å²) >= 11 is 0. The van der Waals surface area contributed by atoms with Gasteiger partial charge in [-0.2, -0.15) is 8.78 Å². The Bertz CT molecular complexity index is 915. The Morgan fingerprint density at radius 1 is 0.714 bits per heavy atom. The van der Waals surface area contributed by atoms with Crippen molar-refractivity contribution < 1.29 is 25.9 Å². The van der Waals surface area contributed by atoms with Gasteiger partial charge in [0.15, 0.2) is 0 Å². The van der Waals surface area contributed by atoms with Crippen LogP contribution in [-0.4, -0.2) is 29.0 Å². The Balaban J connectivity index is 2.35. The largest absolute Gasteiger partial charge is 0.460 e. The first-order valence-corrected chi connectivity index (χ1v) is 11.3. The van der Waals surface area contributed by atoms with E-state index in [1.807, 2.05) is 0 Å². The van der Waals surface area contributed by atoms with E-state index in [1.54, 1.807) is 91.0 Å². The third-order valence-electron chi connectivity index (χ3n) is 4.02. The van der Waals surface area contributed by atoms with Crippen LogP contribution in [0.15, 0.2) is 106 Å². The molecule has 28 heavy (non-hydrogen) atoms. The van der Waals surface area contributed by atoms with E-state index in [1.165, 1.54) is 0 Å². The average molecular weight is 425 g/mol. The molecule has 148 valence electrons. The lowest BCUT2D eigenvalue weighted by molar-refractivity contribution is 0.0152. The zero-order valence-corrected chi connectivity index (χ0v) is 16.3. The highest BCUT2D eigenvalue weighted by Gasteiger charge is 2.56. The molecule has 8 heteroatoms. The van der Waals surface area contributed by atoms with Crippen LogP contribution in [0.2, 0.25) is 0 Å². The molecule has 3 rings (SSSR count). The van der Waals surface area contributed by atoms with Crippen molar-refractivity contribution >= 4 is 20.4 Å². The number of benzene rings is 3. The first kappa shape index (κ1) is 20.5. The Labute approximate surface area is 164 Å². The fourth-order valence-electron chi connectivity index (χ4n) is 2.67. The van der Waals surface area contributed by atoms with Crippen LogP contribution in [-0.2, 0) is 10.1 Å². The Morgan fingerprint density at radius 3 is 1.32 bits per heavy atom. The maximum absolute atomic E-state index is 14.1. The number of rotatable bonds is 7. The SMILES string of the molecule is O=S(=O)([OH+]S(c1ccccc1)(c1ccccc1)c1ccccc1)C(F)(F)CO. The average Bonchev–Trinajstić information content (AvgIpc) is 2.74. The van der Waals surface area contributed by atoms with Crippen molar-refractivity contribution in [2.24, 2.45) is 0 Å². The third kappa shape index (κ3) is 3.68. The van der Waals surface area contributed by atoms with E-state index in [0.717, 1.165) is 0 Å². The summed E-state index contributed by atoms with van der Waals surface area (Å²) in [6.07, 6.45) is 0. The summed E-state index contributed by atoms with van der Waals surface area (Å²) in [6.45, 7) is -1.84. The summed E-state index contributed by atoms with van der Waals surface area (Å²) in [5, 5.41) is 4.57. The number of halogens is 2. The number of aliphatic hydroxyl groups is 1. The minimum absolute atomic E-state index is 0.490. The van der Waals surface area contributed by atoms with Crippen LogP contribution < -0.4 is 0 Å². The van der Waals surface area contributed by atoms with Crippen molar-refractivity contribution in [1.82, 2.24) is 0 Å². The maximum Gasteiger partial charge on any atom is 0.460 e. The number of aliphatic hydroxyl groups excluding tert-OH is 1. The zero-order valence-electron chi connectivity index (χ0n) is 14.7. The second-order valence-electron chi connectivity index (χ2n) is 5.86. The minimum Gasteiger partial charge on any atom is -0.389 e. The lowest BCUT2D eigenvalue weighted by Gasteiger charge is -2.35. The van der Waals surface area contributed by atoms with E-state index < -0.39 is 32.3 Å². The summed E-state index contributed by atoms with van der Waals surface area (Å²) in [7, 11) is -8.27. The molecular formula is C20H19F2O4S2+. The lowest BCUT2D eigenvalue weighted by atomic mass is 10.4. The normalized spacial score (nSPS) is 13.2. The van der Waals surface area contributed by atoms with Gasteiger partial charge in [0.2, 0.25) is 0 Å². The monoisotopic (exact) mass is 425 g/mol. The van der Waals surface area contributed by atoms with Crippen LogP contribution >= 0.6 is 10.3 Å². The van der Waals surface area contributed by atoms with Gasteiger partial charge in [0, 0.05) is 0 Å². The molecule has 0 saturated carbocycles. The van der Waals surface area contributed by atoms with E-state index >= 15 is 0 Å². The molecule has 0 bridgehead atoms. The molecule has 0 heterocycles. The molecule has 0 spiro atoms. The highest BCUT2D eigenvalue weighted by Crippen LogP contribution is 2.68. The van der Waals surface area contributed by atoms with Crippen molar-refractivity contribution in [2.45, 2.75) is 19.9 Å². The van der Waals surface area contributed by atoms with E-state index in [2.05, 4.69) is 3.63 Å². The molecule has 0 saturated heterocycles. The second kappa shape index (κ2) is 8.00. The van der Waals surface area contributed by atoms with Crippen molar-refractivity contribution in [1.29, 1.82) is 0 Å². The highest BCUT2D eigenvalue weighted by molar-refractivity contribution is 8.32. The number of hydrogen-bond acceptors (Lipinski definition) is 3. The van der Waals surface area contributed by atoms with Crippen LogP contribution in [0, 0.1) is 0 Å². The van der Waals surface area contributed by atoms with Gasteiger partial charge in [-0.05, 0) is 36.4 Å². The number of hydrogen-bond donors (Lipinski definition) is 1. The quantitative estimate of drug-likeness (QED) is 0.433. The predicted molar refractivity (Wildman–Crippen MR) is 105 cm³/mol. The molecule has 0 fully saturated rings. The van der Waals surface area contributed by atoms with Crippen LogP contribution in [0.3, 0.4) is 0 Å². The lowest BCUT2D eigenvalue weighted by Crippen LogP contribution is -2.37. The van der Waals surface area contributed by atoms with Gasteiger partial charge in [0.05, 0.1) is 25.0 Å². The minimum atomic E-state index is -5.33. The molecule has 0 aromatic heterocycles. The molecular weight excluding hydrogens is 406 g/mol. The van der Waals surface area contributed by atoms with Gasteiger partial charge in [-0.1, -0.05) is 54.6 Å². The van der Waals surface area contributed by atoms with Crippen LogP contribution in [0.25, 0.3) is 0 Å². The Morgan fingerprint density at radius 2 is 1.04 bits per heavy atom. The van der Waals surface area contributed by atoms with Gasteiger partial charge in [-0.3, -0.25) is 3.63 Å². The fourth-order valence-corrected chi connectivity index (χ4v) is 7.95. The standard InChI is InChI=1S/C20H18F2O4S2/c21-20(22,16-23)28(24,25)26-27(17-10-4-1-5-11-17,18-12-6-2-7-13-18)19-14-8-3-9-15-19/h1-15,23H,16H2/p+1. The third-order valence-corrected chi connectivity index (χ3v) is 9.45. The molecule has 0 aliphatic carbocycles. The molecule has 3 aromatic carbocycles. The number of alkyl halides is 2. The highest BCUT2D eigenvalue weighted by atomic mass is 32.3. The van der Waals surface area contributed by atoms with Crippen LogP contribution in [0.5, 0.6) is 0 Å². The summed E-state index contributed by atoms with van der Waals surface area (Å²) in [4.78, 5) is 1.47. The van der Waals surface area contributed by atoms with Crippen molar-refractivity contribution in [2.75, 3.05) is 6.61 Å². The molecule has 0 aliphatic rings. The summed E-state index contributed by atoms with van der Waals surface area (Å²) in [6, 6.07) is 25.5. The summed E-state index contributed by atoms with van der Waals surface area (Å²) in [5.74, 6) is 0. The van der Waals surface area contributed by atoms with Crippen molar-refractivity contribution in [3.63, 3.8) is 0 Å². The summed E-state index contributed by atoms with van der Waals surface area (Å²) in [5.41, 5.74) is 0. The van der Waals surface area contributed by atoms with E-state index in [0.29, 0.717) is 14.7 Å². The van der Waals surface area contributed by atoms with Crippen LogP contribution in [0.4, 0.5) is 8.78 Å². The molecule has 3 aromatic rings. The second-order valence-corrected chi connectivity index (χ2v) is 10.6. The van der Waals surface area contributed by atoms with Gasteiger partial charge in [-0.25, -0.2) is 0 Å². The molecule has 0 amide bonds. The van der Waals surface area contributed by atoms with E-state index in [4.69, 9.17) is 5.11 Å². The topological polar surface area (TPSA) is 67.2 Å². The first-order chi connectivity index (χ1) is 13.3. The van der Waals surface area contributed by atoms with Gasteiger partial charge in [0.25, 0.3) is 0 Å². The van der Waals surface area contributed by atoms with Crippen molar-refractivity contribution in [3.05, 3.63) is 91.0 Å². The van der Waals surface area contributed by atoms with Gasteiger partial charge in [0.1, 0.15) is 6.61 Å². The molecule has 0 aliphatic heterocycles. The molecule has 0 unspecified atom stereocenters. The maximum atomic E-state index is 14.1. The molecule has 4 nitrogen and oxygen atoms in total. The van der Waals surface area contributed by atoms with Crippen LogP contribution in [0.1, 0.15) is 0 Å². The Kier molecular flexibility index (Phi) is 5.85. The van der Waals surface area contributed by atoms with Gasteiger partial charge >= 0.3 is 15.4 Å². The molecule has 0 radical (unpaired) electrons. The van der Waals surface area contributed by atoms with E-state index in [-0.39, 0.29) is 0 Å². The summed E-state index contributed by atoms with van der Waals surface area (Å²) < 4.78 is 57.1. The Hall–Kier alpha value is -2.26.